The van der Waals surface area contributed by atoms with Crippen LogP contribution in [0.25, 0.3) is 0 Å². The van der Waals surface area contributed by atoms with Crippen molar-refractivity contribution in [3.05, 3.63) is 59.1 Å². The molecule has 0 saturated heterocycles. The van der Waals surface area contributed by atoms with Gasteiger partial charge in [-0.2, -0.15) is 0 Å². The molecule has 0 radical (unpaired) electrons. The number of ether oxygens (including phenoxy) is 1. The zero-order valence-electron chi connectivity index (χ0n) is 12.5. The predicted molar refractivity (Wildman–Crippen MR) is 89.1 cm³/mol. The molecule has 0 aliphatic carbocycles. The van der Waals surface area contributed by atoms with E-state index < -0.39 is 6.10 Å². The number of hydrogen-bond acceptors (Lipinski definition) is 4. The fourth-order valence-electron chi connectivity index (χ4n) is 2.23. The van der Waals surface area contributed by atoms with Crippen molar-refractivity contribution in [3.63, 3.8) is 0 Å². The van der Waals surface area contributed by atoms with Crippen molar-refractivity contribution in [2.45, 2.75) is 12.5 Å². The Morgan fingerprint density at radius 1 is 1.22 bits per heavy atom. The van der Waals surface area contributed by atoms with E-state index in [4.69, 9.17) is 21.2 Å². The predicted octanol–water partition coefficient (Wildman–Crippen LogP) is 3.48. The van der Waals surface area contributed by atoms with Crippen LogP contribution >= 0.6 is 11.6 Å². The van der Waals surface area contributed by atoms with Gasteiger partial charge in [0.25, 0.3) is 5.91 Å². The van der Waals surface area contributed by atoms with Crippen LogP contribution in [0, 0.1) is 0 Å². The van der Waals surface area contributed by atoms with Gasteiger partial charge >= 0.3 is 0 Å². The molecular weight excluding hydrogens is 316 g/mol. The Hall–Kier alpha value is -2.53. The second-order valence-electron chi connectivity index (χ2n) is 5.06. The topological polar surface area (TPSA) is 59.9 Å². The van der Waals surface area contributed by atoms with Crippen LogP contribution < -0.4 is 10.1 Å². The Balaban J connectivity index is 1.60. The van der Waals surface area contributed by atoms with E-state index in [0.717, 1.165) is 17.0 Å². The van der Waals surface area contributed by atoms with E-state index in [0.29, 0.717) is 17.1 Å². The van der Waals surface area contributed by atoms with Gasteiger partial charge in [0.15, 0.2) is 0 Å². The third-order valence-electron chi connectivity index (χ3n) is 3.50. The minimum Gasteiger partial charge on any atom is -0.497 e. The molecule has 0 spiro atoms. The fourth-order valence-corrected chi connectivity index (χ4v) is 2.35. The molecule has 1 amide bonds. The van der Waals surface area contributed by atoms with Crippen LogP contribution in [-0.2, 0) is 9.63 Å². The minimum absolute atomic E-state index is 0.233. The van der Waals surface area contributed by atoms with Crippen molar-refractivity contribution in [3.8, 4) is 5.75 Å². The molecule has 0 fully saturated rings. The second-order valence-corrected chi connectivity index (χ2v) is 5.50. The first-order chi connectivity index (χ1) is 11.2. The van der Waals surface area contributed by atoms with Gasteiger partial charge in [-0.3, -0.25) is 4.79 Å². The molecule has 2 aromatic rings. The molecule has 1 aliphatic heterocycles. The molecule has 118 valence electrons. The molecular formula is C17H15ClN2O3. The molecule has 0 aromatic heterocycles. The Bertz CT molecular complexity index is 727. The van der Waals surface area contributed by atoms with Crippen LogP contribution in [0.2, 0.25) is 5.02 Å². The van der Waals surface area contributed by atoms with Crippen LogP contribution in [0.15, 0.2) is 53.7 Å². The standard InChI is InChI=1S/C17H15ClN2O3/c1-22-14-8-6-13(7-9-14)19-17(21)16-10-15(20-23-16)11-2-4-12(18)5-3-11/h2-9,16H,10H2,1H3,(H,19,21). The van der Waals surface area contributed by atoms with Crippen LogP contribution in [0.3, 0.4) is 0 Å². The van der Waals surface area contributed by atoms with Crippen LogP contribution in [0.4, 0.5) is 5.69 Å². The van der Waals surface area contributed by atoms with Gasteiger partial charge in [0.2, 0.25) is 6.10 Å². The Morgan fingerprint density at radius 3 is 2.57 bits per heavy atom. The number of amides is 1. The Kier molecular flexibility index (Phi) is 4.48. The van der Waals surface area contributed by atoms with Crippen LogP contribution in [0.5, 0.6) is 5.75 Å². The van der Waals surface area contributed by atoms with E-state index in [-0.39, 0.29) is 5.91 Å². The molecule has 1 aliphatic rings. The highest BCUT2D eigenvalue weighted by molar-refractivity contribution is 6.30. The average molecular weight is 331 g/mol. The average Bonchev–Trinajstić information content (AvgIpc) is 3.06. The number of carbonyl (C=O) groups is 1. The van der Waals surface area contributed by atoms with Gasteiger partial charge in [0, 0.05) is 17.1 Å². The molecule has 3 rings (SSSR count). The number of oxime groups is 1. The zero-order chi connectivity index (χ0) is 16.2. The van der Waals surface area contributed by atoms with E-state index in [9.17, 15) is 4.79 Å². The van der Waals surface area contributed by atoms with Gasteiger partial charge < -0.3 is 14.9 Å². The smallest absolute Gasteiger partial charge is 0.268 e. The number of methoxy groups -OCH3 is 1. The summed E-state index contributed by atoms with van der Waals surface area (Å²) in [4.78, 5) is 17.5. The molecule has 1 unspecified atom stereocenters. The third-order valence-corrected chi connectivity index (χ3v) is 3.75. The lowest BCUT2D eigenvalue weighted by atomic mass is 10.0. The minimum atomic E-state index is -0.636. The first-order valence-corrected chi connectivity index (χ1v) is 7.47. The second kappa shape index (κ2) is 6.71. The van der Waals surface area contributed by atoms with E-state index in [1.54, 1.807) is 43.5 Å². The quantitative estimate of drug-likeness (QED) is 0.933. The van der Waals surface area contributed by atoms with E-state index in [2.05, 4.69) is 10.5 Å². The lowest BCUT2D eigenvalue weighted by molar-refractivity contribution is -0.125. The summed E-state index contributed by atoms with van der Waals surface area (Å²) in [5.74, 6) is 0.497. The number of nitrogens with zero attached hydrogens (tertiary/aromatic N) is 1. The molecule has 1 N–H and O–H groups in total. The summed E-state index contributed by atoms with van der Waals surface area (Å²) in [6.07, 6.45) is -0.216. The van der Waals surface area contributed by atoms with Gasteiger partial charge in [-0.1, -0.05) is 28.9 Å². The maximum absolute atomic E-state index is 12.2. The molecule has 1 atom stereocenters. The number of benzene rings is 2. The Labute approximate surface area is 138 Å². The van der Waals surface area contributed by atoms with Crippen LogP contribution in [-0.4, -0.2) is 24.8 Å². The first-order valence-electron chi connectivity index (χ1n) is 7.09. The molecule has 2 aromatic carbocycles. The number of nitrogens with one attached hydrogen (secondary N) is 1. The number of carbonyl (C=O) groups excluding carboxylic acids is 1. The summed E-state index contributed by atoms with van der Waals surface area (Å²) in [5, 5.41) is 7.46. The molecule has 0 bridgehead atoms. The fraction of sp³-hybridized carbons (Fsp3) is 0.176. The number of halogens is 1. The highest BCUT2D eigenvalue weighted by Crippen LogP contribution is 2.21. The highest BCUT2D eigenvalue weighted by Gasteiger charge is 2.28. The summed E-state index contributed by atoms with van der Waals surface area (Å²) in [5.41, 5.74) is 2.31. The van der Waals surface area contributed by atoms with Crippen molar-refractivity contribution in [1.29, 1.82) is 0 Å². The van der Waals surface area contributed by atoms with Crippen LogP contribution in [0.1, 0.15) is 12.0 Å². The van der Waals surface area contributed by atoms with Gasteiger partial charge in [-0.15, -0.1) is 0 Å². The van der Waals surface area contributed by atoms with E-state index in [1.165, 1.54) is 0 Å². The maximum atomic E-state index is 12.2. The Morgan fingerprint density at radius 2 is 1.91 bits per heavy atom. The molecule has 1 heterocycles. The monoisotopic (exact) mass is 330 g/mol. The lowest BCUT2D eigenvalue weighted by Gasteiger charge is -2.10. The van der Waals surface area contributed by atoms with Gasteiger partial charge in [0.05, 0.1) is 12.8 Å². The van der Waals surface area contributed by atoms with Crippen molar-refractivity contribution < 1.29 is 14.4 Å². The summed E-state index contributed by atoms with van der Waals surface area (Å²) in [6, 6.07) is 14.4. The largest absolute Gasteiger partial charge is 0.497 e. The molecule has 5 nitrogen and oxygen atoms in total. The van der Waals surface area contributed by atoms with E-state index in [1.807, 2.05) is 12.1 Å². The highest BCUT2D eigenvalue weighted by atomic mass is 35.5. The maximum Gasteiger partial charge on any atom is 0.268 e. The van der Waals surface area contributed by atoms with Gasteiger partial charge in [-0.05, 0) is 42.0 Å². The zero-order valence-corrected chi connectivity index (χ0v) is 13.2. The summed E-state index contributed by atoms with van der Waals surface area (Å²) >= 11 is 5.87. The van der Waals surface area contributed by atoms with Crippen molar-refractivity contribution >= 4 is 28.9 Å². The number of anilines is 1. The summed E-state index contributed by atoms with van der Waals surface area (Å²) in [7, 11) is 1.59. The van der Waals surface area contributed by atoms with E-state index >= 15 is 0 Å². The number of rotatable bonds is 4. The lowest BCUT2D eigenvalue weighted by Crippen LogP contribution is -2.28. The normalized spacial score (nSPS) is 16.4. The SMILES string of the molecule is COc1ccc(NC(=O)C2CC(c3ccc(Cl)cc3)=NO2)cc1. The summed E-state index contributed by atoms with van der Waals surface area (Å²) < 4.78 is 5.08. The number of hydrogen-bond donors (Lipinski definition) is 1. The van der Waals surface area contributed by atoms with Gasteiger partial charge in [0.1, 0.15) is 5.75 Å². The van der Waals surface area contributed by atoms with Crippen molar-refractivity contribution in [2.24, 2.45) is 5.16 Å². The summed E-state index contributed by atoms with van der Waals surface area (Å²) in [6.45, 7) is 0. The van der Waals surface area contributed by atoms with Gasteiger partial charge in [-0.25, -0.2) is 0 Å². The van der Waals surface area contributed by atoms with Crippen molar-refractivity contribution in [1.82, 2.24) is 0 Å². The molecule has 0 saturated carbocycles. The molecule has 6 heteroatoms. The third kappa shape index (κ3) is 3.63. The molecule has 23 heavy (non-hydrogen) atoms. The first kappa shape index (κ1) is 15.4. The van der Waals surface area contributed by atoms with Crippen molar-refractivity contribution in [2.75, 3.05) is 12.4 Å².